The van der Waals surface area contributed by atoms with Crippen LogP contribution in [0.2, 0.25) is 0 Å². The zero-order valence-corrected chi connectivity index (χ0v) is 12.8. The van der Waals surface area contributed by atoms with Crippen LogP contribution in [0, 0.1) is 5.41 Å². The second-order valence-electron chi connectivity index (χ2n) is 6.36. The molecule has 0 saturated heterocycles. The molecule has 0 spiro atoms. The van der Waals surface area contributed by atoms with Gasteiger partial charge in [0.15, 0.2) is 0 Å². The van der Waals surface area contributed by atoms with Crippen LogP contribution in [0.25, 0.3) is 0 Å². The third-order valence-electron chi connectivity index (χ3n) is 4.16. The van der Waals surface area contributed by atoms with Crippen molar-refractivity contribution in [3.63, 3.8) is 0 Å². The number of hydrogen-bond donors (Lipinski definition) is 2. The lowest BCUT2D eigenvalue weighted by Crippen LogP contribution is -2.42. The predicted molar refractivity (Wildman–Crippen MR) is 81.1 cm³/mol. The fraction of sp³-hybridized carbons (Fsp3) is 0.529. The minimum atomic E-state index is -1.16. The summed E-state index contributed by atoms with van der Waals surface area (Å²) >= 11 is 0. The zero-order chi connectivity index (χ0) is 15.6. The summed E-state index contributed by atoms with van der Waals surface area (Å²) in [7, 11) is 0. The Hall–Kier alpha value is -1.84. The first-order valence-electron chi connectivity index (χ1n) is 7.48. The van der Waals surface area contributed by atoms with Gasteiger partial charge in [-0.25, -0.2) is 0 Å². The van der Waals surface area contributed by atoms with E-state index >= 15 is 0 Å². The molecule has 21 heavy (non-hydrogen) atoms. The number of aliphatic carboxylic acids is 1. The van der Waals surface area contributed by atoms with Gasteiger partial charge in [0, 0.05) is 6.04 Å². The zero-order valence-electron chi connectivity index (χ0n) is 12.8. The van der Waals surface area contributed by atoms with Gasteiger partial charge in [-0.1, -0.05) is 38.1 Å². The highest BCUT2D eigenvalue weighted by Gasteiger charge is 2.57. The molecule has 0 aliphatic heterocycles. The standard InChI is InChI=1S/C17H23NO3/c1-11(2)14-6-4-13(5-7-14)10-12(3)18-15(19)17(8-9-17)16(20)21/h4-7,11-12H,8-10H2,1-3H3,(H,18,19)(H,20,21). The molecular weight excluding hydrogens is 266 g/mol. The molecule has 1 unspecified atom stereocenters. The molecule has 114 valence electrons. The molecule has 0 radical (unpaired) electrons. The largest absolute Gasteiger partial charge is 0.480 e. The third-order valence-corrected chi connectivity index (χ3v) is 4.16. The monoisotopic (exact) mass is 289 g/mol. The van der Waals surface area contributed by atoms with Crippen LogP contribution in [0.3, 0.4) is 0 Å². The Morgan fingerprint density at radius 1 is 1.19 bits per heavy atom. The van der Waals surface area contributed by atoms with E-state index in [-0.39, 0.29) is 11.9 Å². The second kappa shape index (κ2) is 5.88. The normalized spacial score (nSPS) is 17.3. The first-order chi connectivity index (χ1) is 9.85. The second-order valence-corrected chi connectivity index (χ2v) is 6.36. The highest BCUT2D eigenvalue weighted by atomic mass is 16.4. The maximum Gasteiger partial charge on any atom is 0.319 e. The van der Waals surface area contributed by atoms with Crippen molar-refractivity contribution >= 4 is 11.9 Å². The van der Waals surface area contributed by atoms with E-state index in [2.05, 4.69) is 43.4 Å². The van der Waals surface area contributed by atoms with Crippen LogP contribution in [0.1, 0.15) is 50.7 Å². The minimum absolute atomic E-state index is 0.0702. The lowest BCUT2D eigenvalue weighted by molar-refractivity contribution is -0.149. The fourth-order valence-corrected chi connectivity index (χ4v) is 2.47. The predicted octanol–water partition coefficient (Wildman–Crippen LogP) is 2.72. The SMILES string of the molecule is CC(Cc1ccc(C(C)C)cc1)NC(=O)C1(C(=O)O)CC1. The maximum absolute atomic E-state index is 12.0. The average Bonchev–Trinajstić information content (AvgIpc) is 3.20. The lowest BCUT2D eigenvalue weighted by Gasteiger charge is -2.17. The Morgan fingerprint density at radius 2 is 1.76 bits per heavy atom. The summed E-state index contributed by atoms with van der Waals surface area (Å²) < 4.78 is 0. The van der Waals surface area contributed by atoms with Crippen molar-refractivity contribution in [2.45, 2.75) is 52.0 Å². The van der Waals surface area contributed by atoms with Gasteiger partial charge in [0.05, 0.1) is 0 Å². The molecule has 2 N–H and O–H groups in total. The van der Waals surface area contributed by atoms with Crippen LogP contribution in [0.5, 0.6) is 0 Å². The number of carbonyl (C=O) groups excluding carboxylic acids is 1. The first-order valence-corrected chi connectivity index (χ1v) is 7.48. The van der Waals surface area contributed by atoms with Gasteiger partial charge in [-0.3, -0.25) is 9.59 Å². The van der Waals surface area contributed by atoms with Crippen molar-refractivity contribution < 1.29 is 14.7 Å². The summed E-state index contributed by atoms with van der Waals surface area (Å²) in [5, 5.41) is 11.9. The summed E-state index contributed by atoms with van der Waals surface area (Å²) in [4.78, 5) is 23.1. The molecule has 1 fully saturated rings. The Kier molecular flexibility index (Phi) is 4.35. The quantitative estimate of drug-likeness (QED) is 0.791. The lowest BCUT2D eigenvalue weighted by atomic mass is 9.99. The molecule has 1 saturated carbocycles. The number of nitrogens with one attached hydrogen (secondary N) is 1. The van der Waals surface area contributed by atoms with Gasteiger partial charge in [-0.05, 0) is 43.2 Å². The highest BCUT2D eigenvalue weighted by molar-refractivity contribution is 6.04. The van der Waals surface area contributed by atoms with Gasteiger partial charge in [-0.2, -0.15) is 0 Å². The van der Waals surface area contributed by atoms with E-state index in [0.717, 1.165) is 5.56 Å². The third kappa shape index (κ3) is 3.43. The molecule has 4 heteroatoms. The Morgan fingerprint density at radius 3 is 2.19 bits per heavy atom. The van der Waals surface area contributed by atoms with Crippen LogP contribution in [-0.4, -0.2) is 23.0 Å². The molecule has 2 rings (SSSR count). The average molecular weight is 289 g/mol. The smallest absolute Gasteiger partial charge is 0.319 e. The van der Waals surface area contributed by atoms with E-state index in [1.165, 1.54) is 5.56 Å². The summed E-state index contributed by atoms with van der Waals surface area (Å²) in [6.45, 7) is 6.21. The Labute approximate surface area is 125 Å². The fourth-order valence-electron chi connectivity index (χ4n) is 2.47. The molecule has 1 aliphatic carbocycles. The van der Waals surface area contributed by atoms with Crippen molar-refractivity contribution in [1.82, 2.24) is 5.32 Å². The number of carboxylic acid groups (broad SMARTS) is 1. The van der Waals surface area contributed by atoms with Crippen LogP contribution in [0.15, 0.2) is 24.3 Å². The molecule has 1 aliphatic rings. The molecule has 0 bridgehead atoms. The van der Waals surface area contributed by atoms with Gasteiger partial charge >= 0.3 is 5.97 Å². The molecule has 1 amide bonds. The van der Waals surface area contributed by atoms with Crippen LogP contribution >= 0.6 is 0 Å². The molecular formula is C17H23NO3. The Bertz CT molecular complexity index is 529. The van der Waals surface area contributed by atoms with Crippen molar-refractivity contribution in [2.75, 3.05) is 0 Å². The molecule has 0 aromatic heterocycles. The van der Waals surface area contributed by atoms with Gasteiger partial charge in [0.2, 0.25) is 5.91 Å². The van der Waals surface area contributed by atoms with E-state index in [9.17, 15) is 9.59 Å². The minimum Gasteiger partial charge on any atom is -0.480 e. The number of carbonyl (C=O) groups is 2. The van der Waals surface area contributed by atoms with E-state index in [0.29, 0.717) is 25.2 Å². The van der Waals surface area contributed by atoms with Crippen molar-refractivity contribution in [2.24, 2.45) is 5.41 Å². The number of carboxylic acids is 1. The van der Waals surface area contributed by atoms with E-state index in [4.69, 9.17) is 5.11 Å². The van der Waals surface area contributed by atoms with Crippen LogP contribution in [-0.2, 0) is 16.0 Å². The molecule has 1 atom stereocenters. The van der Waals surface area contributed by atoms with Crippen molar-refractivity contribution in [1.29, 1.82) is 0 Å². The van der Waals surface area contributed by atoms with E-state index in [1.807, 2.05) is 6.92 Å². The van der Waals surface area contributed by atoms with Crippen molar-refractivity contribution in [3.8, 4) is 0 Å². The van der Waals surface area contributed by atoms with E-state index < -0.39 is 11.4 Å². The number of amides is 1. The summed E-state index contributed by atoms with van der Waals surface area (Å²) in [6.07, 6.45) is 1.60. The molecule has 0 heterocycles. The van der Waals surface area contributed by atoms with Gasteiger partial charge in [0.25, 0.3) is 0 Å². The number of benzene rings is 1. The number of hydrogen-bond acceptors (Lipinski definition) is 2. The van der Waals surface area contributed by atoms with Crippen molar-refractivity contribution in [3.05, 3.63) is 35.4 Å². The number of rotatable bonds is 6. The summed E-state index contributed by atoms with van der Waals surface area (Å²) in [5.74, 6) is -0.851. The maximum atomic E-state index is 12.0. The van der Waals surface area contributed by atoms with Crippen LogP contribution < -0.4 is 5.32 Å². The molecule has 4 nitrogen and oxygen atoms in total. The molecule has 1 aromatic rings. The van der Waals surface area contributed by atoms with Gasteiger partial charge in [-0.15, -0.1) is 0 Å². The first kappa shape index (κ1) is 15.5. The highest BCUT2D eigenvalue weighted by Crippen LogP contribution is 2.46. The van der Waals surface area contributed by atoms with E-state index in [1.54, 1.807) is 0 Å². The van der Waals surface area contributed by atoms with Gasteiger partial charge < -0.3 is 10.4 Å². The summed E-state index contributed by atoms with van der Waals surface area (Å²) in [6, 6.07) is 8.28. The molecule has 1 aromatic carbocycles. The Balaban J connectivity index is 1.91. The topological polar surface area (TPSA) is 66.4 Å². The van der Waals surface area contributed by atoms with Gasteiger partial charge in [0.1, 0.15) is 5.41 Å². The summed E-state index contributed by atoms with van der Waals surface area (Å²) in [5.41, 5.74) is 1.28. The van der Waals surface area contributed by atoms with Crippen LogP contribution in [0.4, 0.5) is 0 Å².